The van der Waals surface area contributed by atoms with Crippen LogP contribution in [0.5, 0.6) is 0 Å². The number of amides is 1. The van der Waals surface area contributed by atoms with Crippen molar-refractivity contribution in [3.05, 3.63) is 90.5 Å². The molecule has 0 spiro atoms. The van der Waals surface area contributed by atoms with E-state index < -0.39 is 0 Å². The Morgan fingerprint density at radius 2 is 1.75 bits per heavy atom. The molecule has 1 saturated heterocycles. The van der Waals surface area contributed by atoms with Gasteiger partial charge >= 0.3 is 0 Å². The number of benzene rings is 2. The van der Waals surface area contributed by atoms with E-state index in [4.69, 9.17) is 4.74 Å². The fourth-order valence-electron chi connectivity index (χ4n) is 4.28. The Labute approximate surface area is 186 Å². The van der Waals surface area contributed by atoms with Crippen LogP contribution in [0.3, 0.4) is 0 Å². The van der Waals surface area contributed by atoms with Crippen molar-refractivity contribution in [1.82, 2.24) is 20.1 Å². The van der Waals surface area contributed by atoms with Gasteiger partial charge in [0.2, 0.25) is 0 Å². The first-order valence-corrected chi connectivity index (χ1v) is 10.9. The van der Waals surface area contributed by atoms with E-state index in [0.717, 1.165) is 46.0 Å². The zero-order valence-electron chi connectivity index (χ0n) is 17.7. The first-order chi connectivity index (χ1) is 15.8. The number of likely N-dealkylation sites (tertiary alicyclic amines) is 1. The van der Waals surface area contributed by atoms with Crippen LogP contribution in [-0.2, 0) is 11.3 Å². The number of hydrogen-bond acceptors (Lipinski definition) is 5. The van der Waals surface area contributed by atoms with Gasteiger partial charge in [-0.1, -0.05) is 36.4 Å². The molecule has 0 aliphatic carbocycles. The number of carbonyl (C=O) groups excluding carboxylic acids is 1. The molecule has 32 heavy (non-hydrogen) atoms. The fraction of sp³-hybridized carbons (Fsp3) is 0.231. The lowest BCUT2D eigenvalue weighted by Gasteiger charge is -2.32. The molecule has 5 rings (SSSR count). The van der Waals surface area contributed by atoms with Gasteiger partial charge in [-0.3, -0.25) is 9.78 Å². The fourth-order valence-corrected chi connectivity index (χ4v) is 4.28. The number of aromatic nitrogens is 3. The molecule has 2 aromatic heterocycles. The zero-order valence-corrected chi connectivity index (χ0v) is 17.7. The van der Waals surface area contributed by atoms with Crippen molar-refractivity contribution in [3.8, 4) is 11.1 Å². The van der Waals surface area contributed by atoms with Gasteiger partial charge in [0.1, 0.15) is 0 Å². The number of nitrogens with zero attached hydrogens (tertiary/aromatic N) is 4. The minimum absolute atomic E-state index is 0.0729. The summed E-state index contributed by atoms with van der Waals surface area (Å²) in [6.07, 6.45) is 7.02. The van der Waals surface area contributed by atoms with Crippen LogP contribution in [-0.4, -0.2) is 45.2 Å². The van der Waals surface area contributed by atoms with Gasteiger partial charge in [-0.05, 0) is 53.4 Å². The van der Waals surface area contributed by atoms with E-state index in [0.29, 0.717) is 19.7 Å². The first-order valence-electron chi connectivity index (χ1n) is 10.9. The second-order valence-electron chi connectivity index (χ2n) is 7.96. The Morgan fingerprint density at radius 1 is 0.906 bits per heavy atom. The average Bonchev–Trinajstić information content (AvgIpc) is 2.88. The molecule has 4 aromatic rings. The van der Waals surface area contributed by atoms with Crippen molar-refractivity contribution in [2.75, 3.05) is 13.1 Å². The highest BCUT2D eigenvalue weighted by molar-refractivity contribution is 6.10. The summed E-state index contributed by atoms with van der Waals surface area (Å²) in [7, 11) is 0. The Morgan fingerprint density at radius 3 is 2.53 bits per heavy atom. The van der Waals surface area contributed by atoms with Gasteiger partial charge in [0.25, 0.3) is 5.91 Å². The van der Waals surface area contributed by atoms with E-state index in [9.17, 15) is 4.79 Å². The molecule has 0 bridgehead atoms. The summed E-state index contributed by atoms with van der Waals surface area (Å²) in [6.45, 7) is 1.89. The minimum Gasteiger partial charge on any atom is -0.372 e. The molecule has 0 saturated carbocycles. The monoisotopic (exact) mass is 424 g/mol. The maximum Gasteiger partial charge on any atom is 0.254 e. The Balaban J connectivity index is 1.30. The highest BCUT2D eigenvalue weighted by Crippen LogP contribution is 2.31. The Bertz CT molecular complexity index is 1210. The smallest absolute Gasteiger partial charge is 0.254 e. The molecule has 1 aliphatic rings. The van der Waals surface area contributed by atoms with Crippen molar-refractivity contribution in [2.24, 2.45) is 0 Å². The zero-order chi connectivity index (χ0) is 21.8. The van der Waals surface area contributed by atoms with E-state index in [1.165, 1.54) is 0 Å². The third-order valence-corrected chi connectivity index (χ3v) is 5.97. The number of piperidine rings is 1. The molecule has 1 aliphatic heterocycles. The summed E-state index contributed by atoms with van der Waals surface area (Å²) >= 11 is 0. The van der Waals surface area contributed by atoms with Gasteiger partial charge in [0, 0.05) is 30.4 Å². The van der Waals surface area contributed by atoms with Gasteiger partial charge < -0.3 is 9.64 Å². The normalized spacial score (nSPS) is 14.6. The summed E-state index contributed by atoms with van der Waals surface area (Å²) in [5.41, 5.74) is 3.70. The van der Waals surface area contributed by atoms with Crippen LogP contribution in [0.15, 0.2) is 79.3 Å². The Kier molecular flexibility index (Phi) is 5.85. The topological polar surface area (TPSA) is 68.2 Å². The lowest BCUT2D eigenvalue weighted by atomic mass is 9.95. The van der Waals surface area contributed by atoms with Gasteiger partial charge in [0.15, 0.2) is 0 Å². The molecule has 160 valence electrons. The molecule has 1 amide bonds. The molecule has 0 atom stereocenters. The number of fused-ring (bicyclic) bond motifs is 1. The van der Waals surface area contributed by atoms with Crippen molar-refractivity contribution < 1.29 is 9.53 Å². The minimum atomic E-state index is 0.0729. The van der Waals surface area contributed by atoms with Crippen molar-refractivity contribution in [3.63, 3.8) is 0 Å². The molecule has 6 heteroatoms. The van der Waals surface area contributed by atoms with Crippen LogP contribution in [0.1, 0.15) is 28.9 Å². The summed E-state index contributed by atoms with van der Waals surface area (Å²) in [5.74, 6) is 0.0729. The van der Waals surface area contributed by atoms with Crippen molar-refractivity contribution in [2.45, 2.75) is 25.6 Å². The highest BCUT2D eigenvalue weighted by atomic mass is 16.5. The lowest BCUT2D eigenvalue weighted by molar-refractivity contribution is -0.00156. The molecular formula is C26H24N4O2. The largest absolute Gasteiger partial charge is 0.372 e. The van der Waals surface area contributed by atoms with Crippen LogP contribution in [0.4, 0.5) is 0 Å². The maximum atomic E-state index is 13.4. The number of hydrogen-bond donors (Lipinski definition) is 0. The number of rotatable bonds is 5. The summed E-state index contributed by atoms with van der Waals surface area (Å²) in [6, 6.07) is 19.8. The second-order valence-corrected chi connectivity index (χ2v) is 7.96. The van der Waals surface area contributed by atoms with Crippen LogP contribution >= 0.6 is 0 Å². The van der Waals surface area contributed by atoms with Crippen LogP contribution in [0.25, 0.3) is 21.9 Å². The van der Waals surface area contributed by atoms with Crippen LogP contribution in [0.2, 0.25) is 0 Å². The predicted molar refractivity (Wildman–Crippen MR) is 123 cm³/mol. The number of pyridine rings is 1. The molecule has 0 N–H and O–H groups in total. The maximum absolute atomic E-state index is 13.4. The average molecular weight is 425 g/mol. The lowest BCUT2D eigenvalue weighted by Crippen LogP contribution is -2.41. The molecule has 2 aromatic carbocycles. The van der Waals surface area contributed by atoms with E-state index in [1.807, 2.05) is 53.4 Å². The quantitative estimate of drug-likeness (QED) is 0.471. The summed E-state index contributed by atoms with van der Waals surface area (Å²) in [4.78, 5) is 19.6. The molecule has 0 radical (unpaired) electrons. The first kappa shape index (κ1) is 20.3. The van der Waals surface area contributed by atoms with E-state index in [1.54, 1.807) is 18.6 Å². The third kappa shape index (κ3) is 4.22. The highest BCUT2D eigenvalue weighted by Gasteiger charge is 2.25. The van der Waals surface area contributed by atoms with Crippen molar-refractivity contribution in [1.29, 1.82) is 0 Å². The number of carbonyl (C=O) groups is 1. The van der Waals surface area contributed by atoms with Gasteiger partial charge in [0.05, 0.1) is 30.8 Å². The van der Waals surface area contributed by atoms with E-state index in [-0.39, 0.29) is 12.0 Å². The van der Waals surface area contributed by atoms with Crippen LogP contribution in [0, 0.1) is 0 Å². The molecule has 0 unspecified atom stereocenters. The van der Waals surface area contributed by atoms with Gasteiger partial charge in [-0.15, -0.1) is 0 Å². The second kappa shape index (κ2) is 9.24. The summed E-state index contributed by atoms with van der Waals surface area (Å²) in [5, 5.41) is 9.87. The SMILES string of the molecule is O=C(c1cccc2c(-c3ccnnc3)cccc12)N1CCC(OCc2ccccn2)CC1. The molecule has 6 nitrogen and oxygen atoms in total. The van der Waals surface area contributed by atoms with Crippen molar-refractivity contribution >= 4 is 16.7 Å². The number of ether oxygens (including phenoxy) is 1. The van der Waals surface area contributed by atoms with Gasteiger partial charge in [-0.25, -0.2) is 0 Å². The van der Waals surface area contributed by atoms with E-state index in [2.05, 4.69) is 27.3 Å². The molecular weight excluding hydrogens is 400 g/mol. The predicted octanol–water partition coefficient (Wildman–Crippen LogP) is 4.51. The molecule has 3 heterocycles. The van der Waals surface area contributed by atoms with Crippen LogP contribution < -0.4 is 0 Å². The summed E-state index contributed by atoms with van der Waals surface area (Å²) < 4.78 is 6.03. The van der Waals surface area contributed by atoms with E-state index >= 15 is 0 Å². The van der Waals surface area contributed by atoms with Gasteiger partial charge in [-0.2, -0.15) is 10.2 Å². The Hall–Kier alpha value is -3.64. The standard InChI is InChI=1S/C26H24N4O2/c31-26(30-15-11-21(12-16-30)32-18-20-5-1-2-13-27-20)25-9-4-7-23-22(6-3-8-24(23)25)19-10-14-28-29-17-19/h1-10,13-14,17,21H,11-12,15-16,18H2. The molecule has 1 fully saturated rings. The third-order valence-electron chi connectivity index (χ3n) is 5.97.